The van der Waals surface area contributed by atoms with Crippen LogP contribution in [0.2, 0.25) is 5.02 Å². The number of pyridine rings is 1. The Morgan fingerprint density at radius 2 is 1.91 bits per heavy atom. The fourth-order valence-corrected chi connectivity index (χ4v) is 4.76. The average Bonchev–Trinajstić information content (AvgIpc) is 3.09. The normalized spacial score (nSPS) is 13.3. The van der Waals surface area contributed by atoms with Crippen molar-refractivity contribution >= 4 is 28.2 Å². The maximum absolute atomic E-state index is 13.4. The number of hydrogen-bond acceptors (Lipinski definition) is 5. The molecule has 0 N–H and O–H groups in total. The van der Waals surface area contributed by atoms with E-state index in [4.69, 9.17) is 26.2 Å². The molecular formula is C27H23ClN4O3. The summed E-state index contributed by atoms with van der Waals surface area (Å²) in [6.45, 7) is 3.73. The van der Waals surface area contributed by atoms with Gasteiger partial charge < -0.3 is 14.0 Å². The van der Waals surface area contributed by atoms with Crippen LogP contribution < -0.4 is 15.0 Å². The molecule has 8 heteroatoms. The molecule has 7 nitrogen and oxygen atoms in total. The van der Waals surface area contributed by atoms with Crippen LogP contribution in [0.5, 0.6) is 11.5 Å². The molecule has 0 atom stereocenters. The summed E-state index contributed by atoms with van der Waals surface area (Å²) in [5.74, 6) is 1.46. The number of fused-ring (bicyclic) bond motifs is 4. The quantitative estimate of drug-likeness (QED) is 0.352. The Balaban J connectivity index is 1.43. The topological polar surface area (TPSA) is 70.7 Å². The zero-order valence-corrected chi connectivity index (χ0v) is 20.0. The van der Waals surface area contributed by atoms with Crippen molar-refractivity contribution in [2.45, 2.75) is 26.3 Å². The highest BCUT2D eigenvalue weighted by Gasteiger charge is 2.18. The van der Waals surface area contributed by atoms with Crippen molar-refractivity contribution in [1.29, 1.82) is 0 Å². The molecule has 5 aromatic rings. The smallest absolute Gasteiger partial charge is 0.261 e. The summed E-state index contributed by atoms with van der Waals surface area (Å²) in [5, 5.41) is 5.98. The van der Waals surface area contributed by atoms with Gasteiger partial charge in [-0.3, -0.25) is 4.79 Å². The van der Waals surface area contributed by atoms with Crippen LogP contribution >= 0.6 is 11.6 Å². The van der Waals surface area contributed by atoms with E-state index in [1.807, 2.05) is 48.5 Å². The molecule has 0 saturated heterocycles. The van der Waals surface area contributed by atoms with Crippen molar-refractivity contribution in [3.05, 3.63) is 87.6 Å². The number of hydrogen-bond donors (Lipinski definition) is 0. The zero-order valence-electron chi connectivity index (χ0n) is 19.2. The van der Waals surface area contributed by atoms with Crippen LogP contribution in [0, 0.1) is 0 Å². The molecule has 0 unspecified atom stereocenters. The monoisotopic (exact) mass is 486 g/mol. The van der Waals surface area contributed by atoms with E-state index in [1.54, 1.807) is 21.5 Å². The van der Waals surface area contributed by atoms with Gasteiger partial charge in [0, 0.05) is 29.4 Å². The van der Waals surface area contributed by atoms with Gasteiger partial charge in [-0.2, -0.15) is 5.10 Å². The molecule has 3 aromatic heterocycles. The fourth-order valence-electron chi connectivity index (χ4n) is 4.57. The lowest BCUT2D eigenvalue weighted by atomic mass is 10.0. The summed E-state index contributed by atoms with van der Waals surface area (Å²) in [7, 11) is 0. The van der Waals surface area contributed by atoms with Crippen LogP contribution in [-0.2, 0) is 13.0 Å². The lowest BCUT2D eigenvalue weighted by molar-refractivity contribution is 0.297. The number of aryl methyl sites for hydroxylation is 1. The number of rotatable bonds is 4. The Bertz CT molecular complexity index is 1640. The predicted molar refractivity (Wildman–Crippen MR) is 136 cm³/mol. The molecule has 0 aliphatic carbocycles. The van der Waals surface area contributed by atoms with Gasteiger partial charge in [0.2, 0.25) is 0 Å². The zero-order chi connectivity index (χ0) is 23.9. The van der Waals surface area contributed by atoms with Crippen molar-refractivity contribution in [2.24, 2.45) is 0 Å². The first-order valence-electron chi connectivity index (χ1n) is 11.7. The van der Waals surface area contributed by atoms with Crippen LogP contribution in [0.3, 0.4) is 0 Å². The highest BCUT2D eigenvalue weighted by molar-refractivity contribution is 6.30. The maximum Gasteiger partial charge on any atom is 0.261 e. The molecule has 0 spiro atoms. The van der Waals surface area contributed by atoms with E-state index in [9.17, 15) is 4.79 Å². The Kier molecular flexibility index (Phi) is 5.41. The molecule has 6 rings (SSSR count). The minimum absolute atomic E-state index is 0.123. The highest BCUT2D eigenvalue weighted by Crippen LogP contribution is 2.32. The van der Waals surface area contributed by atoms with Gasteiger partial charge in [0.25, 0.3) is 5.56 Å². The van der Waals surface area contributed by atoms with Crippen molar-refractivity contribution in [2.75, 3.05) is 13.2 Å². The van der Waals surface area contributed by atoms with Crippen molar-refractivity contribution in [3.8, 4) is 22.6 Å². The van der Waals surface area contributed by atoms with Gasteiger partial charge in [0.1, 0.15) is 0 Å². The SMILES string of the molecule is CCc1nn2c(ncc3c(=O)n(Cc4ccc5c(c4)OCCCO5)ccc32)c1-c1cccc(Cl)c1. The van der Waals surface area contributed by atoms with Gasteiger partial charge in [-0.1, -0.05) is 36.7 Å². The molecule has 176 valence electrons. The van der Waals surface area contributed by atoms with Crippen LogP contribution in [0.25, 0.3) is 27.7 Å². The van der Waals surface area contributed by atoms with Crippen molar-refractivity contribution in [3.63, 3.8) is 0 Å². The van der Waals surface area contributed by atoms with Crippen LogP contribution in [0.4, 0.5) is 0 Å². The molecule has 0 fully saturated rings. The van der Waals surface area contributed by atoms with Gasteiger partial charge in [-0.25, -0.2) is 9.50 Å². The average molecular weight is 487 g/mol. The second-order valence-corrected chi connectivity index (χ2v) is 8.99. The molecular weight excluding hydrogens is 464 g/mol. The van der Waals surface area contributed by atoms with Gasteiger partial charge in [-0.05, 0) is 47.9 Å². The maximum atomic E-state index is 13.4. The summed E-state index contributed by atoms with van der Waals surface area (Å²) in [5.41, 5.74) is 5.06. The van der Waals surface area contributed by atoms with Gasteiger partial charge >= 0.3 is 0 Å². The summed E-state index contributed by atoms with van der Waals surface area (Å²) in [6, 6.07) is 15.4. The minimum atomic E-state index is -0.123. The standard InChI is InChI=1S/C27H23ClN4O3/c1-2-21-25(18-5-3-6-19(28)14-18)26-29-15-20-22(32(26)30-21)9-10-31(27(20)33)16-17-7-8-23-24(13-17)35-12-4-11-34-23/h3,5-10,13-15H,2,4,11-12,16H2,1H3. The minimum Gasteiger partial charge on any atom is -0.490 e. The van der Waals surface area contributed by atoms with Crippen LogP contribution in [-0.4, -0.2) is 32.4 Å². The first-order chi connectivity index (χ1) is 17.1. The summed E-state index contributed by atoms with van der Waals surface area (Å²) >= 11 is 6.25. The molecule has 0 amide bonds. The fraction of sp³-hybridized carbons (Fsp3) is 0.222. The van der Waals surface area contributed by atoms with E-state index in [1.165, 1.54) is 0 Å². The Morgan fingerprint density at radius 3 is 2.74 bits per heavy atom. The number of nitrogens with zero attached hydrogens (tertiary/aromatic N) is 4. The molecule has 0 bridgehead atoms. The molecule has 35 heavy (non-hydrogen) atoms. The molecule has 4 heterocycles. The van der Waals surface area contributed by atoms with Gasteiger partial charge in [0.15, 0.2) is 17.1 Å². The first kappa shape index (κ1) is 21.7. The Labute approximate surface area is 206 Å². The number of ether oxygens (including phenoxy) is 2. The molecule has 1 aliphatic heterocycles. The highest BCUT2D eigenvalue weighted by atomic mass is 35.5. The van der Waals surface area contributed by atoms with E-state index in [-0.39, 0.29) is 5.56 Å². The molecule has 2 aromatic carbocycles. The summed E-state index contributed by atoms with van der Waals surface area (Å²) in [4.78, 5) is 18.1. The number of aromatic nitrogens is 4. The lowest BCUT2D eigenvalue weighted by Gasteiger charge is -2.11. The van der Waals surface area contributed by atoms with E-state index < -0.39 is 0 Å². The number of benzene rings is 2. The second-order valence-electron chi connectivity index (χ2n) is 8.56. The molecule has 0 radical (unpaired) electrons. The lowest BCUT2D eigenvalue weighted by Crippen LogP contribution is -2.21. The van der Waals surface area contributed by atoms with Crippen molar-refractivity contribution in [1.82, 2.24) is 19.2 Å². The van der Waals surface area contributed by atoms with E-state index in [2.05, 4.69) is 11.9 Å². The second kappa shape index (κ2) is 8.74. The van der Waals surface area contributed by atoms with Crippen molar-refractivity contribution < 1.29 is 9.47 Å². The number of halogens is 1. The molecule has 1 aliphatic rings. The third-order valence-electron chi connectivity index (χ3n) is 6.27. The van der Waals surface area contributed by atoms with Gasteiger partial charge in [-0.15, -0.1) is 0 Å². The van der Waals surface area contributed by atoms with Gasteiger partial charge in [0.05, 0.1) is 36.4 Å². The summed E-state index contributed by atoms with van der Waals surface area (Å²) in [6.07, 6.45) is 5.03. The largest absolute Gasteiger partial charge is 0.490 e. The van der Waals surface area contributed by atoms with E-state index in [0.29, 0.717) is 35.8 Å². The predicted octanol–water partition coefficient (Wildman–Crippen LogP) is 5.14. The van der Waals surface area contributed by atoms with E-state index in [0.717, 1.165) is 52.2 Å². The van der Waals surface area contributed by atoms with Crippen LogP contribution in [0.1, 0.15) is 24.6 Å². The Morgan fingerprint density at radius 1 is 1.06 bits per heavy atom. The molecule has 0 saturated carbocycles. The summed E-state index contributed by atoms with van der Waals surface area (Å²) < 4.78 is 15.0. The first-order valence-corrected chi connectivity index (χ1v) is 12.0. The third kappa shape index (κ3) is 3.82. The van der Waals surface area contributed by atoms with Crippen LogP contribution in [0.15, 0.2) is 65.7 Å². The third-order valence-corrected chi connectivity index (χ3v) is 6.51. The van der Waals surface area contributed by atoms with E-state index >= 15 is 0 Å². The Hall–Kier alpha value is -3.84.